The van der Waals surface area contributed by atoms with Crippen molar-refractivity contribution < 1.29 is 14.1 Å². The molecule has 0 fully saturated rings. The molecule has 0 heterocycles. The predicted octanol–water partition coefficient (Wildman–Crippen LogP) is 3.22. The van der Waals surface area contributed by atoms with Crippen LogP contribution in [0.2, 0.25) is 5.02 Å². The quantitative estimate of drug-likeness (QED) is 0.516. The summed E-state index contributed by atoms with van der Waals surface area (Å²) in [4.78, 5) is 22.0. The van der Waals surface area contributed by atoms with E-state index < -0.39 is 16.6 Å². The van der Waals surface area contributed by atoms with Gasteiger partial charge in [-0.15, -0.1) is 0 Å². The van der Waals surface area contributed by atoms with Crippen molar-refractivity contribution in [3.8, 4) is 0 Å². The van der Waals surface area contributed by atoms with Crippen LogP contribution in [0.25, 0.3) is 0 Å². The SMILES string of the molecule is Nc1ccc(C(=O)Nc2ccc(Cl)c([N+](=O)[O-])c2)cc1F. The number of nitro benzene ring substituents is 1. The maximum absolute atomic E-state index is 13.3. The Kier molecular flexibility index (Phi) is 4.04. The van der Waals surface area contributed by atoms with Gasteiger partial charge in [-0.1, -0.05) is 11.6 Å². The third-order valence-electron chi connectivity index (χ3n) is 2.66. The fourth-order valence-electron chi connectivity index (χ4n) is 1.60. The average Bonchev–Trinajstić information content (AvgIpc) is 2.43. The summed E-state index contributed by atoms with van der Waals surface area (Å²) in [5.74, 6) is -1.34. The highest BCUT2D eigenvalue weighted by Gasteiger charge is 2.15. The highest BCUT2D eigenvalue weighted by Crippen LogP contribution is 2.27. The Hall–Kier alpha value is -2.67. The second-order valence-corrected chi connectivity index (χ2v) is 4.52. The molecule has 0 radical (unpaired) electrons. The van der Waals surface area contributed by atoms with Crippen molar-refractivity contribution in [2.75, 3.05) is 11.1 Å². The number of nitrogen functional groups attached to an aromatic ring is 1. The number of amides is 1. The molecule has 108 valence electrons. The van der Waals surface area contributed by atoms with E-state index in [0.717, 1.165) is 12.1 Å². The smallest absolute Gasteiger partial charge is 0.289 e. The number of hydrogen-bond donors (Lipinski definition) is 2. The fraction of sp³-hybridized carbons (Fsp3) is 0. The number of halogens is 2. The third-order valence-corrected chi connectivity index (χ3v) is 2.98. The van der Waals surface area contributed by atoms with Crippen molar-refractivity contribution in [1.82, 2.24) is 0 Å². The number of benzene rings is 2. The van der Waals surface area contributed by atoms with E-state index in [-0.39, 0.29) is 27.6 Å². The number of carbonyl (C=O) groups is 1. The van der Waals surface area contributed by atoms with E-state index in [4.69, 9.17) is 17.3 Å². The number of hydrogen-bond acceptors (Lipinski definition) is 4. The van der Waals surface area contributed by atoms with Gasteiger partial charge in [0, 0.05) is 17.3 Å². The molecule has 0 saturated heterocycles. The normalized spacial score (nSPS) is 10.2. The molecule has 2 rings (SSSR count). The summed E-state index contributed by atoms with van der Waals surface area (Å²) in [6.07, 6.45) is 0. The van der Waals surface area contributed by atoms with Crippen LogP contribution >= 0.6 is 11.6 Å². The molecule has 0 aliphatic carbocycles. The van der Waals surface area contributed by atoms with Gasteiger partial charge < -0.3 is 11.1 Å². The Morgan fingerprint density at radius 3 is 2.62 bits per heavy atom. The van der Waals surface area contributed by atoms with Gasteiger partial charge in [0.2, 0.25) is 0 Å². The summed E-state index contributed by atoms with van der Waals surface area (Å²) in [6, 6.07) is 7.40. The molecule has 0 spiro atoms. The van der Waals surface area contributed by atoms with E-state index in [0.29, 0.717) is 0 Å². The van der Waals surface area contributed by atoms with Crippen molar-refractivity contribution in [2.24, 2.45) is 0 Å². The number of nitro groups is 1. The molecule has 0 bridgehead atoms. The van der Waals surface area contributed by atoms with Crippen LogP contribution in [0.4, 0.5) is 21.5 Å². The van der Waals surface area contributed by atoms with Crippen LogP contribution in [0.1, 0.15) is 10.4 Å². The monoisotopic (exact) mass is 309 g/mol. The summed E-state index contributed by atoms with van der Waals surface area (Å²) >= 11 is 5.67. The molecule has 0 aliphatic rings. The molecule has 0 aromatic heterocycles. The molecular formula is C13H9ClFN3O3. The van der Waals surface area contributed by atoms with Crippen LogP contribution in [-0.2, 0) is 0 Å². The third kappa shape index (κ3) is 3.26. The number of anilines is 2. The Morgan fingerprint density at radius 1 is 1.29 bits per heavy atom. The Bertz CT molecular complexity index is 737. The highest BCUT2D eigenvalue weighted by molar-refractivity contribution is 6.32. The zero-order valence-corrected chi connectivity index (χ0v) is 11.2. The summed E-state index contributed by atoms with van der Waals surface area (Å²) in [7, 11) is 0. The van der Waals surface area contributed by atoms with Crippen LogP contribution in [-0.4, -0.2) is 10.8 Å². The molecule has 21 heavy (non-hydrogen) atoms. The maximum atomic E-state index is 13.3. The van der Waals surface area contributed by atoms with Gasteiger partial charge in [0.25, 0.3) is 11.6 Å². The minimum Gasteiger partial charge on any atom is -0.396 e. The zero-order chi connectivity index (χ0) is 15.6. The number of rotatable bonds is 3. The van der Waals surface area contributed by atoms with Gasteiger partial charge in [-0.25, -0.2) is 4.39 Å². The molecule has 0 atom stereocenters. The lowest BCUT2D eigenvalue weighted by Crippen LogP contribution is -2.12. The fourth-order valence-corrected chi connectivity index (χ4v) is 1.79. The highest BCUT2D eigenvalue weighted by atomic mass is 35.5. The lowest BCUT2D eigenvalue weighted by Gasteiger charge is -2.06. The van der Waals surface area contributed by atoms with Crippen molar-refractivity contribution in [2.45, 2.75) is 0 Å². The van der Waals surface area contributed by atoms with Gasteiger partial charge in [-0.05, 0) is 30.3 Å². The van der Waals surface area contributed by atoms with Gasteiger partial charge in [-0.2, -0.15) is 0 Å². The number of nitrogens with zero attached hydrogens (tertiary/aromatic N) is 1. The van der Waals surface area contributed by atoms with Crippen LogP contribution < -0.4 is 11.1 Å². The van der Waals surface area contributed by atoms with Gasteiger partial charge in [-0.3, -0.25) is 14.9 Å². The van der Waals surface area contributed by atoms with Gasteiger partial charge in [0.1, 0.15) is 10.8 Å². The standard InChI is InChI=1S/C13H9ClFN3O3/c14-9-3-2-8(6-12(9)18(20)21)17-13(19)7-1-4-11(16)10(15)5-7/h1-6H,16H2,(H,17,19). The van der Waals surface area contributed by atoms with Crippen molar-refractivity contribution >= 4 is 34.6 Å². The van der Waals surface area contributed by atoms with E-state index in [1.54, 1.807) is 0 Å². The molecule has 0 unspecified atom stereocenters. The second kappa shape index (κ2) is 5.76. The Balaban J connectivity index is 2.25. The van der Waals surface area contributed by atoms with Crippen LogP contribution in [0.5, 0.6) is 0 Å². The van der Waals surface area contributed by atoms with Gasteiger partial charge in [0.15, 0.2) is 0 Å². The molecule has 2 aromatic carbocycles. The minimum absolute atomic E-state index is 0.0410. The molecular weight excluding hydrogens is 301 g/mol. The first kappa shape index (κ1) is 14.7. The van der Waals surface area contributed by atoms with Crippen LogP contribution in [0, 0.1) is 15.9 Å². The average molecular weight is 310 g/mol. The van der Waals surface area contributed by atoms with E-state index in [1.807, 2.05) is 0 Å². The molecule has 1 amide bonds. The topological polar surface area (TPSA) is 98.3 Å². The first-order chi connectivity index (χ1) is 9.88. The van der Waals surface area contributed by atoms with Gasteiger partial charge in [0.05, 0.1) is 10.6 Å². The largest absolute Gasteiger partial charge is 0.396 e. The summed E-state index contributed by atoms with van der Waals surface area (Å²) in [5, 5.41) is 13.1. The molecule has 0 saturated carbocycles. The summed E-state index contributed by atoms with van der Waals surface area (Å²) in [6.45, 7) is 0. The van der Waals surface area contributed by atoms with E-state index in [9.17, 15) is 19.3 Å². The Morgan fingerprint density at radius 2 is 2.00 bits per heavy atom. The van der Waals surface area contributed by atoms with Crippen LogP contribution in [0.15, 0.2) is 36.4 Å². The van der Waals surface area contributed by atoms with Crippen molar-refractivity contribution in [3.05, 3.63) is 62.9 Å². The summed E-state index contributed by atoms with van der Waals surface area (Å²) in [5.41, 5.74) is 5.12. The zero-order valence-electron chi connectivity index (χ0n) is 10.5. The number of nitrogens with one attached hydrogen (secondary N) is 1. The molecule has 0 aliphatic heterocycles. The number of carbonyl (C=O) groups excluding carboxylic acids is 1. The second-order valence-electron chi connectivity index (χ2n) is 4.11. The first-order valence-corrected chi connectivity index (χ1v) is 6.06. The van der Waals surface area contributed by atoms with Crippen molar-refractivity contribution in [1.29, 1.82) is 0 Å². The minimum atomic E-state index is -0.718. The van der Waals surface area contributed by atoms with Gasteiger partial charge >= 0.3 is 0 Å². The predicted molar refractivity (Wildman–Crippen MR) is 76.9 cm³/mol. The summed E-state index contributed by atoms with van der Waals surface area (Å²) < 4.78 is 13.3. The lowest BCUT2D eigenvalue weighted by molar-refractivity contribution is -0.384. The molecule has 6 nitrogen and oxygen atoms in total. The van der Waals surface area contributed by atoms with E-state index >= 15 is 0 Å². The van der Waals surface area contributed by atoms with E-state index in [2.05, 4.69) is 5.32 Å². The van der Waals surface area contributed by atoms with E-state index in [1.165, 1.54) is 24.3 Å². The maximum Gasteiger partial charge on any atom is 0.289 e. The molecule has 3 N–H and O–H groups in total. The number of nitrogens with two attached hydrogens (primary N) is 1. The lowest BCUT2D eigenvalue weighted by atomic mass is 10.2. The molecule has 2 aromatic rings. The van der Waals surface area contributed by atoms with Crippen LogP contribution in [0.3, 0.4) is 0 Å². The van der Waals surface area contributed by atoms with Crippen molar-refractivity contribution in [3.63, 3.8) is 0 Å². The molecule has 8 heteroatoms. The Labute approximate surface area is 123 Å². The first-order valence-electron chi connectivity index (χ1n) is 5.69.